The number of rotatable bonds is 3. The molecule has 1 aliphatic heterocycles. The van der Waals surface area contributed by atoms with E-state index in [1.165, 1.54) is 4.90 Å². The van der Waals surface area contributed by atoms with Crippen molar-refractivity contribution in [2.45, 2.75) is 32.1 Å². The zero-order valence-electron chi connectivity index (χ0n) is 12.6. The van der Waals surface area contributed by atoms with E-state index in [-0.39, 0.29) is 36.0 Å². The number of fused-ring (bicyclic) bond motifs is 1. The number of benzene rings is 1. The Hall–Kier alpha value is -2.63. The number of nitrogens with zero attached hydrogens (tertiary/aromatic N) is 1. The number of carbonyl (C=O) groups is 2. The molecule has 0 aliphatic carbocycles. The van der Waals surface area contributed by atoms with Gasteiger partial charge in [0.2, 0.25) is 11.8 Å². The Kier molecular flexibility index (Phi) is 4.14. The number of hydrogen-bond donors (Lipinski definition) is 1. The van der Waals surface area contributed by atoms with Gasteiger partial charge in [0.05, 0.1) is 10.9 Å². The number of aromatic hydroxyl groups is 1. The predicted octanol–water partition coefficient (Wildman–Crippen LogP) is 1.97. The molecule has 2 amide bonds. The Morgan fingerprint density at radius 2 is 2.00 bits per heavy atom. The van der Waals surface area contributed by atoms with Crippen LogP contribution in [0.15, 0.2) is 33.5 Å². The van der Waals surface area contributed by atoms with Gasteiger partial charge in [0.1, 0.15) is 11.3 Å². The van der Waals surface area contributed by atoms with Crippen LogP contribution in [0.3, 0.4) is 0 Å². The van der Waals surface area contributed by atoms with E-state index < -0.39 is 5.63 Å². The summed E-state index contributed by atoms with van der Waals surface area (Å²) >= 11 is 0. The van der Waals surface area contributed by atoms with Crippen LogP contribution in [0.2, 0.25) is 0 Å². The SMILES string of the molecule is O=C1CCCCN1C(=O)CCc1c(O)c2ccccc2oc1=O. The molecule has 1 saturated heterocycles. The second-order valence-electron chi connectivity index (χ2n) is 5.61. The molecule has 23 heavy (non-hydrogen) atoms. The molecule has 1 fully saturated rings. The Bertz CT molecular complexity index is 823. The Balaban J connectivity index is 1.80. The summed E-state index contributed by atoms with van der Waals surface area (Å²) in [5.41, 5.74) is -0.281. The summed E-state index contributed by atoms with van der Waals surface area (Å²) in [4.78, 5) is 37.1. The summed E-state index contributed by atoms with van der Waals surface area (Å²) in [5.74, 6) is -0.646. The first-order valence-electron chi connectivity index (χ1n) is 7.65. The third-order valence-corrected chi connectivity index (χ3v) is 4.09. The van der Waals surface area contributed by atoms with Gasteiger partial charge in [0, 0.05) is 19.4 Å². The molecular formula is C17H17NO5. The minimum Gasteiger partial charge on any atom is -0.507 e. The van der Waals surface area contributed by atoms with Gasteiger partial charge < -0.3 is 9.52 Å². The lowest BCUT2D eigenvalue weighted by atomic mass is 10.1. The largest absolute Gasteiger partial charge is 0.507 e. The highest BCUT2D eigenvalue weighted by Gasteiger charge is 2.25. The molecule has 2 heterocycles. The standard InChI is InChI=1S/C17H17NO5/c19-14-7-3-4-10-18(14)15(20)9-8-12-16(21)11-5-1-2-6-13(11)23-17(12)22/h1-2,5-6,21H,3-4,7-10H2. The zero-order valence-corrected chi connectivity index (χ0v) is 12.6. The molecule has 3 rings (SSSR count). The molecule has 1 N–H and O–H groups in total. The molecule has 0 unspecified atom stereocenters. The number of imide groups is 1. The molecule has 0 spiro atoms. The Labute approximate surface area is 132 Å². The lowest BCUT2D eigenvalue weighted by Gasteiger charge is -2.24. The van der Waals surface area contributed by atoms with Crippen LogP contribution >= 0.6 is 0 Å². The van der Waals surface area contributed by atoms with Gasteiger partial charge in [0.25, 0.3) is 0 Å². The van der Waals surface area contributed by atoms with Crippen molar-refractivity contribution in [3.8, 4) is 5.75 Å². The van der Waals surface area contributed by atoms with Gasteiger partial charge in [0.15, 0.2) is 0 Å². The van der Waals surface area contributed by atoms with Crippen LogP contribution in [0, 0.1) is 0 Å². The Morgan fingerprint density at radius 3 is 2.78 bits per heavy atom. The van der Waals surface area contributed by atoms with Crippen molar-refractivity contribution >= 4 is 22.8 Å². The number of carbonyl (C=O) groups excluding carboxylic acids is 2. The summed E-state index contributed by atoms with van der Waals surface area (Å²) in [7, 11) is 0. The van der Waals surface area contributed by atoms with Crippen molar-refractivity contribution in [2.24, 2.45) is 0 Å². The second-order valence-corrected chi connectivity index (χ2v) is 5.61. The molecule has 0 atom stereocenters. The van der Waals surface area contributed by atoms with Crippen LogP contribution in [0.25, 0.3) is 11.0 Å². The summed E-state index contributed by atoms with van der Waals surface area (Å²) in [5, 5.41) is 10.7. The van der Waals surface area contributed by atoms with E-state index in [0.717, 1.165) is 12.8 Å². The molecule has 120 valence electrons. The Morgan fingerprint density at radius 1 is 1.22 bits per heavy atom. The fraction of sp³-hybridized carbons (Fsp3) is 0.353. The molecule has 1 aromatic carbocycles. The van der Waals surface area contributed by atoms with Gasteiger partial charge in [-0.2, -0.15) is 0 Å². The van der Waals surface area contributed by atoms with Crippen molar-refractivity contribution < 1.29 is 19.1 Å². The summed E-state index contributed by atoms with van der Waals surface area (Å²) in [6.45, 7) is 0.427. The summed E-state index contributed by atoms with van der Waals surface area (Å²) in [6.07, 6.45) is 2.03. The molecule has 6 nitrogen and oxygen atoms in total. The van der Waals surface area contributed by atoms with Crippen LogP contribution in [-0.4, -0.2) is 28.4 Å². The maximum Gasteiger partial charge on any atom is 0.343 e. The molecule has 0 radical (unpaired) electrons. The van der Waals surface area contributed by atoms with Gasteiger partial charge in [-0.3, -0.25) is 14.5 Å². The van der Waals surface area contributed by atoms with Crippen LogP contribution in [0.4, 0.5) is 0 Å². The highest BCUT2D eigenvalue weighted by molar-refractivity contribution is 5.95. The molecule has 1 aliphatic rings. The van der Waals surface area contributed by atoms with E-state index in [9.17, 15) is 19.5 Å². The number of piperidine rings is 1. The highest BCUT2D eigenvalue weighted by Crippen LogP contribution is 2.26. The maximum absolute atomic E-state index is 12.2. The first-order chi connectivity index (χ1) is 11.1. The summed E-state index contributed by atoms with van der Waals surface area (Å²) in [6, 6.07) is 6.67. The second kappa shape index (κ2) is 6.24. The van der Waals surface area contributed by atoms with Crippen LogP contribution < -0.4 is 5.63 Å². The number of amides is 2. The van der Waals surface area contributed by atoms with Gasteiger partial charge in [-0.25, -0.2) is 4.79 Å². The molecule has 1 aromatic heterocycles. The lowest BCUT2D eigenvalue weighted by molar-refractivity contribution is -0.146. The highest BCUT2D eigenvalue weighted by atomic mass is 16.4. The maximum atomic E-state index is 12.2. The first kappa shape index (κ1) is 15.3. The third kappa shape index (κ3) is 2.97. The van der Waals surface area contributed by atoms with Crippen molar-refractivity contribution in [1.82, 2.24) is 4.90 Å². The molecule has 6 heteroatoms. The quantitative estimate of drug-likeness (QED) is 0.875. The number of likely N-dealkylation sites (tertiary alicyclic amines) is 1. The van der Waals surface area contributed by atoms with Crippen molar-refractivity contribution in [3.05, 3.63) is 40.2 Å². The van der Waals surface area contributed by atoms with E-state index in [1.807, 2.05) is 0 Å². The van der Waals surface area contributed by atoms with E-state index in [2.05, 4.69) is 0 Å². The fourth-order valence-electron chi connectivity index (χ4n) is 2.83. The van der Waals surface area contributed by atoms with Crippen molar-refractivity contribution in [3.63, 3.8) is 0 Å². The number of hydrogen-bond acceptors (Lipinski definition) is 5. The average molecular weight is 315 g/mol. The molecular weight excluding hydrogens is 298 g/mol. The van der Waals surface area contributed by atoms with E-state index in [0.29, 0.717) is 23.9 Å². The molecule has 2 aromatic rings. The topological polar surface area (TPSA) is 87.8 Å². The van der Waals surface area contributed by atoms with Crippen LogP contribution in [0.5, 0.6) is 5.75 Å². The van der Waals surface area contributed by atoms with Crippen molar-refractivity contribution in [1.29, 1.82) is 0 Å². The van der Waals surface area contributed by atoms with E-state index >= 15 is 0 Å². The predicted molar refractivity (Wildman–Crippen MR) is 83.0 cm³/mol. The first-order valence-corrected chi connectivity index (χ1v) is 7.65. The zero-order chi connectivity index (χ0) is 16.4. The molecule has 0 bridgehead atoms. The third-order valence-electron chi connectivity index (χ3n) is 4.09. The van der Waals surface area contributed by atoms with Gasteiger partial charge in [-0.05, 0) is 31.4 Å². The minimum absolute atomic E-state index is 0.0115. The van der Waals surface area contributed by atoms with Crippen LogP contribution in [-0.2, 0) is 16.0 Å². The fourth-order valence-corrected chi connectivity index (χ4v) is 2.83. The lowest BCUT2D eigenvalue weighted by Crippen LogP contribution is -2.40. The normalized spacial score (nSPS) is 15.1. The number of para-hydroxylation sites is 1. The molecule has 0 saturated carbocycles. The monoisotopic (exact) mass is 315 g/mol. The van der Waals surface area contributed by atoms with E-state index in [4.69, 9.17) is 4.42 Å². The summed E-state index contributed by atoms with van der Waals surface area (Å²) < 4.78 is 5.17. The smallest absolute Gasteiger partial charge is 0.343 e. The van der Waals surface area contributed by atoms with Gasteiger partial charge in [-0.1, -0.05) is 12.1 Å². The van der Waals surface area contributed by atoms with E-state index in [1.54, 1.807) is 24.3 Å². The average Bonchev–Trinajstić information content (AvgIpc) is 2.55. The van der Waals surface area contributed by atoms with Gasteiger partial charge >= 0.3 is 5.63 Å². The van der Waals surface area contributed by atoms with Crippen LogP contribution in [0.1, 0.15) is 31.2 Å². The van der Waals surface area contributed by atoms with Gasteiger partial charge in [-0.15, -0.1) is 0 Å². The minimum atomic E-state index is -0.654. The van der Waals surface area contributed by atoms with Crippen molar-refractivity contribution in [2.75, 3.05) is 6.54 Å².